The molecule has 1 saturated heterocycles. The molecule has 1 fully saturated rings. The molecule has 0 saturated carbocycles. The van der Waals surface area contributed by atoms with Crippen LogP contribution in [-0.4, -0.2) is 29.9 Å². The third-order valence-corrected chi connectivity index (χ3v) is 5.37. The number of halogens is 1. The molecule has 2 aromatic carbocycles. The van der Waals surface area contributed by atoms with E-state index in [0.29, 0.717) is 19.5 Å². The second-order valence-corrected chi connectivity index (χ2v) is 7.91. The molecule has 0 spiro atoms. The number of nitrogens with two attached hydrogens (primary N) is 1. The second-order valence-electron chi connectivity index (χ2n) is 7.91. The van der Waals surface area contributed by atoms with Crippen LogP contribution < -0.4 is 5.73 Å². The van der Waals surface area contributed by atoms with Gasteiger partial charge in [0, 0.05) is 31.5 Å². The monoisotopic (exact) mass is 372 g/mol. The Morgan fingerprint density at radius 1 is 1.08 bits per heavy atom. The van der Waals surface area contributed by atoms with Crippen molar-refractivity contribution in [3.05, 3.63) is 71.3 Å². The number of rotatable bonds is 4. The fourth-order valence-corrected chi connectivity index (χ4v) is 3.68. The Labute approximate surface area is 163 Å². The van der Waals surface area contributed by atoms with E-state index in [1.54, 1.807) is 0 Å². The smallest absolute Gasteiger partial charge is 0.223 e. The van der Waals surface area contributed by atoms with E-state index in [2.05, 4.69) is 57.2 Å². The van der Waals surface area contributed by atoms with Crippen molar-refractivity contribution < 1.29 is 4.79 Å². The third kappa shape index (κ3) is 4.46. The molecule has 0 aromatic heterocycles. The zero-order valence-electron chi connectivity index (χ0n) is 15.8. The quantitative estimate of drug-likeness (QED) is 0.880. The largest absolute Gasteiger partial charge is 0.340 e. The molecule has 2 atom stereocenters. The Kier molecular flexibility index (Phi) is 6.48. The van der Waals surface area contributed by atoms with Gasteiger partial charge >= 0.3 is 0 Å². The van der Waals surface area contributed by atoms with Crippen LogP contribution in [0.2, 0.25) is 0 Å². The van der Waals surface area contributed by atoms with Crippen LogP contribution in [-0.2, 0) is 10.2 Å². The van der Waals surface area contributed by atoms with E-state index >= 15 is 0 Å². The minimum atomic E-state index is -0.181. The van der Waals surface area contributed by atoms with Crippen LogP contribution in [0.4, 0.5) is 0 Å². The predicted molar refractivity (Wildman–Crippen MR) is 110 cm³/mol. The SMILES string of the molecule is Cc1ccc(C(C)(C)CC(=O)N2C[C@@H](N)[C@H](c3ccccc3)C2)cc1.Cl. The standard InChI is InChI=1S/C22H28N2O.ClH/c1-16-9-11-18(12-10-16)22(2,3)13-21(25)24-14-19(20(23)15-24)17-7-5-4-6-8-17;/h4-12,19-20H,13-15,23H2,1-3H3;1H/t19-,20+;/m0./s1. The van der Waals surface area contributed by atoms with Gasteiger partial charge in [-0.1, -0.05) is 74.0 Å². The highest BCUT2D eigenvalue weighted by molar-refractivity contribution is 5.85. The number of hydrogen-bond donors (Lipinski definition) is 1. The maximum Gasteiger partial charge on any atom is 0.223 e. The van der Waals surface area contributed by atoms with Crippen molar-refractivity contribution in [3.8, 4) is 0 Å². The van der Waals surface area contributed by atoms with Crippen molar-refractivity contribution in [1.29, 1.82) is 0 Å². The number of aryl methyl sites for hydroxylation is 1. The third-order valence-electron chi connectivity index (χ3n) is 5.37. The maximum absolute atomic E-state index is 12.9. The lowest BCUT2D eigenvalue weighted by Crippen LogP contribution is -2.35. The molecule has 1 aliphatic heterocycles. The van der Waals surface area contributed by atoms with Crippen molar-refractivity contribution >= 4 is 18.3 Å². The zero-order chi connectivity index (χ0) is 18.0. The predicted octanol–water partition coefficient (Wildman–Crippen LogP) is 4.04. The Balaban J connectivity index is 0.00000243. The van der Waals surface area contributed by atoms with Gasteiger partial charge in [-0.3, -0.25) is 4.79 Å². The molecule has 4 heteroatoms. The lowest BCUT2D eigenvalue weighted by molar-refractivity contribution is -0.131. The zero-order valence-corrected chi connectivity index (χ0v) is 16.6. The van der Waals surface area contributed by atoms with Crippen LogP contribution in [0.1, 0.15) is 42.9 Å². The summed E-state index contributed by atoms with van der Waals surface area (Å²) in [6.45, 7) is 7.72. The van der Waals surface area contributed by atoms with Gasteiger partial charge in [0.05, 0.1) is 0 Å². The molecule has 1 heterocycles. The first kappa shape index (κ1) is 20.5. The van der Waals surface area contributed by atoms with Crippen molar-refractivity contribution in [2.75, 3.05) is 13.1 Å². The first-order chi connectivity index (χ1) is 11.9. The summed E-state index contributed by atoms with van der Waals surface area (Å²) in [7, 11) is 0. The van der Waals surface area contributed by atoms with E-state index in [1.165, 1.54) is 16.7 Å². The first-order valence-electron chi connectivity index (χ1n) is 9.02. The Morgan fingerprint density at radius 3 is 2.31 bits per heavy atom. The highest BCUT2D eigenvalue weighted by Gasteiger charge is 2.36. The van der Waals surface area contributed by atoms with Gasteiger partial charge in [-0.15, -0.1) is 12.4 Å². The summed E-state index contributed by atoms with van der Waals surface area (Å²) < 4.78 is 0. The van der Waals surface area contributed by atoms with Gasteiger partial charge in [0.2, 0.25) is 5.91 Å². The van der Waals surface area contributed by atoms with Crippen LogP contribution in [0.15, 0.2) is 54.6 Å². The van der Waals surface area contributed by atoms with Crippen LogP contribution in [0.5, 0.6) is 0 Å². The summed E-state index contributed by atoms with van der Waals surface area (Å²) in [6, 6.07) is 18.8. The molecular formula is C22H29ClN2O. The van der Waals surface area contributed by atoms with Gasteiger partial charge in [-0.05, 0) is 23.5 Å². The fourth-order valence-electron chi connectivity index (χ4n) is 3.68. The second kappa shape index (κ2) is 8.24. The fraction of sp³-hybridized carbons (Fsp3) is 0.409. The summed E-state index contributed by atoms with van der Waals surface area (Å²) in [5.41, 5.74) is 9.82. The van der Waals surface area contributed by atoms with Crippen molar-refractivity contribution in [3.63, 3.8) is 0 Å². The van der Waals surface area contributed by atoms with Gasteiger partial charge < -0.3 is 10.6 Å². The molecule has 1 amide bonds. The normalized spacial score (nSPS) is 19.9. The molecular weight excluding hydrogens is 344 g/mol. The van der Waals surface area contributed by atoms with Crippen molar-refractivity contribution in [1.82, 2.24) is 4.90 Å². The average Bonchev–Trinajstić information content (AvgIpc) is 2.98. The van der Waals surface area contributed by atoms with E-state index in [1.807, 2.05) is 23.1 Å². The molecule has 0 bridgehead atoms. The maximum atomic E-state index is 12.9. The number of nitrogens with zero attached hydrogens (tertiary/aromatic N) is 1. The summed E-state index contributed by atoms with van der Waals surface area (Å²) in [6.07, 6.45) is 0.504. The summed E-state index contributed by atoms with van der Waals surface area (Å²) >= 11 is 0. The molecule has 0 radical (unpaired) electrons. The van der Waals surface area contributed by atoms with Gasteiger partial charge in [-0.2, -0.15) is 0 Å². The minimum Gasteiger partial charge on any atom is -0.340 e. The average molecular weight is 373 g/mol. The van der Waals surface area contributed by atoms with Crippen LogP contribution in [0.25, 0.3) is 0 Å². The molecule has 140 valence electrons. The molecule has 3 rings (SSSR count). The lowest BCUT2D eigenvalue weighted by atomic mass is 9.81. The summed E-state index contributed by atoms with van der Waals surface area (Å²) in [4.78, 5) is 14.8. The molecule has 3 nitrogen and oxygen atoms in total. The van der Waals surface area contributed by atoms with E-state index in [-0.39, 0.29) is 35.7 Å². The number of likely N-dealkylation sites (tertiary alicyclic amines) is 1. The number of amides is 1. The van der Waals surface area contributed by atoms with E-state index in [9.17, 15) is 4.79 Å². The Hall–Kier alpha value is -1.84. The minimum absolute atomic E-state index is 0. The summed E-state index contributed by atoms with van der Waals surface area (Å²) in [5, 5.41) is 0. The highest BCUT2D eigenvalue weighted by atomic mass is 35.5. The van der Waals surface area contributed by atoms with Gasteiger partial charge in [-0.25, -0.2) is 0 Å². The number of benzene rings is 2. The molecule has 2 aromatic rings. The topological polar surface area (TPSA) is 46.3 Å². The lowest BCUT2D eigenvalue weighted by Gasteiger charge is -2.27. The van der Waals surface area contributed by atoms with E-state index in [0.717, 1.165) is 0 Å². The summed E-state index contributed by atoms with van der Waals surface area (Å²) in [5.74, 6) is 0.423. The Morgan fingerprint density at radius 2 is 1.69 bits per heavy atom. The first-order valence-corrected chi connectivity index (χ1v) is 9.02. The van der Waals surface area contributed by atoms with E-state index < -0.39 is 0 Å². The highest BCUT2D eigenvalue weighted by Crippen LogP contribution is 2.31. The van der Waals surface area contributed by atoms with Gasteiger partial charge in [0.15, 0.2) is 0 Å². The van der Waals surface area contributed by atoms with Crippen molar-refractivity contribution in [2.45, 2.75) is 44.6 Å². The molecule has 1 aliphatic rings. The van der Waals surface area contributed by atoms with Gasteiger partial charge in [0.25, 0.3) is 0 Å². The van der Waals surface area contributed by atoms with Crippen LogP contribution in [0.3, 0.4) is 0 Å². The van der Waals surface area contributed by atoms with Gasteiger partial charge in [0.1, 0.15) is 0 Å². The molecule has 26 heavy (non-hydrogen) atoms. The number of carbonyl (C=O) groups excluding carboxylic acids is 1. The van der Waals surface area contributed by atoms with Crippen LogP contribution in [0, 0.1) is 6.92 Å². The number of carbonyl (C=O) groups is 1. The Bertz CT molecular complexity index is 728. The molecule has 0 aliphatic carbocycles. The molecule has 2 N–H and O–H groups in total. The van der Waals surface area contributed by atoms with Crippen LogP contribution >= 0.6 is 12.4 Å². The molecule has 0 unspecified atom stereocenters. The number of hydrogen-bond acceptors (Lipinski definition) is 2. The van der Waals surface area contributed by atoms with E-state index in [4.69, 9.17) is 5.73 Å². The van der Waals surface area contributed by atoms with Crippen molar-refractivity contribution in [2.24, 2.45) is 5.73 Å².